The molecule has 0 amide bonds. The molecule has 0 radical (unpaired) electrons. The number of unbranched alkanes of at least 4 members (excludes halogenated alkanes) is 1. The molecule has 0 spiro atoms. The van der Waals surface area contributed by atoms with Gasteiger partial charge in [-0.2, -0.15) is 13.2 Å². The van der Waals surface area contributed by atoms with Crippen molar-refractivity contribution in [2.45, 2.75) is 77.1 Å². The second-order valence-corrected chi connectivity index (χ2v) is 6.87. The fraction of sp³-hybridized carbons (Fsp3) is 0.824. The summed E-state index contributed by atoms with van der Waals surface area (Å²) in [5.74, 6) is 2.21. The van der Waals surface area contributed by atoms with Crippen molar-refractivity contribution in [2.24, 2.45) is 12.0 Å². The van der Waals surface area contributed by atoms with Crippen molar-refractivity contribution in [3.8, 4) is 0 Å². The molecule has 1 aromatic rings. The second-order valence-electron chi connectivity index (χ2n) is 6.87. The van der Waals surface area contributed by atoms with E-state index in [2.05, 4.69) is 25.8 Å². The van der Waals surface area contributed by atoms with Crippen LogP contribution in [-0.4, -0.2) is 39.5 Å². The van der Waals surface area contributed by atoms with E-state index in [1.807, 2.05) is 18.5 Å². The fourth-order valence-electron chi connectivity index (χ4n) is 2.99. The lowest BCUT2D eigenvalue weighted by Gasteiger charge is -2.25. The number of guanidine groups is 1. The van der Waals surface area contributed by atoms with Crippen LogP contribution in [0.1, 0.15) is 63.0 Å². The summed E-state index contributed by atoms with van der Waals surface area (Å²) in [5, 5.41) is 14.7. The molecule has 0 bridgehead atoms. The van der Waals surface area contributed by atoms with E-state index < -0.39 is 12.6 Å². The van der Waals surface area contributed by atoms with Crippen LogP contribution in [0.15, 0.2) is 4.99 Å². The lowest BCUT2D eigenvalue weighted by atomic mass is 9.96. The van der Waals surface area contributed by atoms with E-state index in [4.69, 9.17) is 0 Å². The summed E-state index contributed by atoms with van der Waals surface area (Å²) in [4.78, 5) is 4.56. The average Bonchev–Trinajstić information content (AvgIpc) is 2.91. The lowest BCUT2D eigenvalue weighted by molar-refractivity contribution is -0.135. The van der Waals surface area contributed by atoms with Crippen LogP contribution in [0, 0.1) is 6.92 Å². The van der Waals surface area contributed by atoms with E-state index in [1.54, 1.807) is 0 Å². The number of hydrogen-bond acceptors (Lipinski definition) is 3. The minimum absolute atomic E-state index is 0.121. The smallest absolute Gasteiger partial charge is 0.356 e. The molecule has 1 saturated carbocycles. The van der Waals surface area contributed by atoms with Crippen LogP contribution in [0.4, 0.5) is 13.2 Å². The lowest BCUT2D eigenvalue weighted by Crippen LogP contribution is -2.44. The van der Waals surface area contributed by atoms with E-state index in [0.717, 1.165) is 24.5 Å². The van der Waals surface area contributed by atoms with Gasteiger partial charge < -0.3 is 15.2 Å². The molecule has 0 aromatic carbocycles. The Bertz CT molecular complexity index is 576. The largest absolute Gasteiger partial charge is 0.389 e. The number of nitrogens with one attached hydrogen (secondary N) is 2. The van der Waals surface area contributed by atoms with Gasteiger partial charge in [-0.25, -0.2) is 4.99 Å². The zero-order valence-electron chi connectivity index (χ0n) is 15.6. The Kier molecular flexibility index (Phi) is 7.71. The number of rotatable bonds is 7. The third-order valence-corrected chi connectivity index (χ3v) is 4.69. The molecule has 148 valence electrons. The van der Waals surface area contributed by atoms with Crippen molar-refractivity contribution >= 4 is 5.96 Å². The Morgan fingerprint density at radius 2 is 1.92 bits per heavy atom. The van der Waals surface area contributed by atoms with Crippen molar-refractivity contribution in [2.75, 3.05) is 6.54 Å². The zero-order chi connectivity index (χ0) is 19.0. The molecule has 0 saturated heterocycles. The Hall–Kier alpha value is -1.80. The maximum Gasteiger partial charge on any atom is 0.389 e. The van der Waals surface area contributed by atoms with Gasteiger partial charge >= 0.3 is 6.18 Å². The van der Waals surface area contributed by atoms with Crippen LogP contribution in [0.5, 0.6) is 0 Å². The summed E-state index contributed by atoms with van der Waals surface area (Å²) in [5.41, 5.74) is 0. The molecule has 1 aromatic heterocycles. The zero-order valence-corrected chi connectivity index (χ0v) is 15.6. The molecule has 1 heterocycles. The van der Waals surface area contributed by atoms with E-state index in [1.165, 1.54) is 19.3 Å². The first kappa shape index (κ1) is 20.5. The van der Waals surface area contributed by atoms with Crippen LogP contribution >= 0.6 is 0 Å². The highest BCUT2D eigenvalue weighted by Gasteiger charge is 2.25. The number of halogens is 3. The third kappa shape index (κ3) is 7.21. The molecule has 2 rings (SSSR count). The maximum absolute atomic E-state index is 12.2. The predicted octanol–water partition coefficient (Wildman–Crippen LogP) is 3.22. The van der Waals surface area contributed by atoms with Crippen molar-refractivity contribution in [1.82, 2.24) is 25.4 Å². The molecule has 0 unspecified atom stereocenters. The first-order chi connectivity index (χ1) is 12.3. The number of aliphatic imine (C=N–C) groups is 1. The molecular weight excluding hydrogens is 345 g/mol. The molecule has 2 N–H and O–H groups in total. The summed E-state index contributed by atoms with van der Waals surface area (Å²) < 4.78 is 38.6. The van der Waals surface area contributed by atoms with E-state index in [0.29, 0.717) is 31.5 Å². The predicted molar refractivity (Wildman–Crippen MR) is 94.8 cm³/mol. The van der Waals surface area contributed by atoms with Gasteiger partial charge in [0.2, 0.25) is 0 Å². The Morgan fingerprint density at radius 3 is 2.54 bits per heavy atom. The van der Waals surface area contributed by atoms with Crippen LogP contribution in [0.2, 0.25) is 0 Å². The summed E-state index contributed by atoms with van der Waals surface area (Å²) in [6.07, 6.45) is 1.58. The number of alkyl halides is 3. The molecule has 0 aliphatic heterocycles. The SMILES string of the molecule is Cc1nnc(CN=C(NCCCCC(F)(F)F)NC2CCCCC2)n1C. The molecule has 6 nitrogen and oxygen atoms in total. The van der Waals surface area contributed by atoms with Gasteiger partial charge in [0.1, 0.15) is 12.4 Å². The highest BCUT2D eigenvalue weighted by atomic mass is 19.4. The summed E-state index contributed by atoms with van der Waals surface area (Å²) >= 11 is 0. The van der Waals surface area contributed by atoms with Gasteiger partial charge in [-0.1, -0.05) is 19.3 Å². The molecular formula is C17H29F3N6. The van der Waals surface area contributed by atoms with Gasteiger partial charge in [-0.3, -0.25) is 0 Å². The highest BCUT2D eigenvalue weighted by Crippen LogP contribution is 2.22. The number of aromatic nitrogens is 3. The van der Waals surface area contributed by atoms with Crippen LogP contribution in [0.3, 0.4) is 0 Å². The first-order valence-corrected chi connectivity index (χ1v) is 9.31. The van der Waals surface area contributed by atoms with Gasteiger partial charge in [0.25, 0.3) is 0 Å². The number of aryl methyl sites for hydroxylation is 1. The average molecular weight is 374 g/mol. The fourth-order valence-corrected chi connectivity index (χ4v) is 2.99. The maximum atomic E-state index is 12.2. The van der Waals surface area contributed by atoms with Crippen molar-refractivity contribution in [3.05, 3.63) is 11.6 Å². The van der Waals surface area contributed by atoms with Crippen molar-refractivity contribution < 1.29 is 13.2 Å². The van der Waals surface area contributed by atoms with Gasteiger partial charge in [0, 0.05) is 26.1 Å². The van der Waals surface area contributed by atoms with Crippen LogP contribution in [0.25, 0.3) is 0 Å². The molecule has 1 aliphatic rings. The van der Waals surface area contributed by atoms with Gasteiger partial charge in [0.05, 0.1) is 0 Å². The molecule has 0 atom stereocenters. The molecule has 26 heavy (non-hydrogen) atoms. The highest BCUT2D eigenvalue weighted by molar-refractivity contribution is 5.80. The Labute approximate surface area is 152 Å². The quantitative estimate of drug-likeness (QED) is 0.437. The first-order valence-electron chi connectivity index (χ1n) is 9.31. The number of nitrogens with zero attached hydrogens (tertiary/aromatic N) is 4. The van der Waals surface area contributed by atoms with Crippen LogP contribution < -0.4 is 10.6 Å². The van der Waals surface area contributed by atoms with Gasteiger partial charge in [0.15, 0.2) is 11.8 Å². The second kappa shape index (κ2) is 9.78. The molecule has 9 heteroatoms. The standard InChI is InChI=1S/C17H29F3N6/c1-13-24-25-15(26(13)2)12-22-16(23-14-8-4-3-5-9-14)21-11-7-6-10-17(18,19)20/h14H,3-12H2,1-2H3,(H2,21,22,23). The molecule has 1 aliphatic carbocycles. The normalized spacial score (nSPS) is 16.7. The third-order valence-electron chi connectivity index (χ3n) is 4.69. The van der Waals surface area contributed by atoms with E-state index >= 15 is 0 Å². The topological polar surface area (TPSA) is 67.1 Å². The Morgan fingerprint density at radius 1 is 1.19 bits per heavy atom. The van der Waals surface area contributed by atoms with E-state index in [9.17, 15) is 13.2 Å². The van der Waals surface area contributed by atoms with E-state index in [-0.39, 0.29) is 6.42 Å². The molecule has 1 fully saturated rings. The van der Waals surface area contributed by atoms with Gasteiger partial charge in [-0.15, -0.1) is 10.2 Å². The van der Waals surface area contributed by atoms with Gasteiger partial charge in [-0.05, 0) is 32.6 Å². The Balaban J connectivity index is 1.87. The number of hydrogen-bond donors (Lipinski definition) is 2. The van der Waals surface area contributed by atoms with Crippen molar-refractivity contribution in [3.63, 3.8) is 0 Å². The van der Waals surface area contributed by atoms with Crippen molar-refractivity contribution in [1.29, 1.82) is 0 Å². The minimum Gasteiger partial charge on any atom is -0.356 e. The minimum atomic E-state index is -4.08. The summed E-state index contributed by atoms with van der Waals surface area (Å²) in [6.45, 7) is 2.72. The van der Waals surface area contributed by atoms with Crippen LogP contribution in [-0.2, 0) is 13.6 Å². The monoisotopic (exact) mass is 374 g/mol. The summed E-state index contributed by atoms with van der Waals surface area (Å²) in [6, 6.07) is 0.367. The summed E-state index contributed by atoms with van der Waals surface area (Å²) in [7, 11) is 1.89.